The first-order valence-electron chi connectivity index (χ1n) is 5.81. The van der Waals surface area contributed by atoms with Crippen molar-refractivity contribution in [3.05, 3.63) is 50.4 Å². The molecular formula is C13H14BrN3OS. The van der Waals surface area contributed by atoms with E-state index >= 15 is 0 Å². The zero-order valence-corrected chi connectivity index (χ0v) is 12.8. The molecule has 2 amide bonds. The van der Waals surface area contributed by atoms with E-state index in [2.05, 4.69) is 31.5 Å². The molecule has 0 fully saturated rings. The highest BCUT2D eigenvalue weighted by atomic mass is 79.9. The summed E-state index contributed by atoms with van der Waals surface area (Å²) in [7, 11) is 0. The van der Waals surface area contributed by atoms with E-state index in [1.54, 1.807) is 6.20 Å². The monoisotopic (exact) mass is 339 g/mol. The molecule has 6 heteroatoms. The van der Waals surface area contributed by atoms with Crippen LogP contribution in [0.15, 0.2) is 34.2 Å². The normalized spacial score (nSPS) is 10.2. The molecule has 0 saturated carbocycles. The van der Waals surface area contributed by atoms with Gasteiger partial charge in [-0.3, -0.25) is 0 Å². The molecule has 0 aliphatic carbocycles. The lowest BCUT2D eigenvalue weighted by Gasteiger charge is -2.09. The summed E-state index contributed by atoms with van der Waals surface area (Å²) in [6, 6.07) is 5.79. The molecule has 100 valence electrons. The van der Waals surface area contributed by atoms with Crippen molar-refractivity contribution in [1.29, 1.82) is 0 Å². The Morgan fingerprint density at radius 1 is 1.37 bits per heavy atom. The Labute approximate surface area is 124 Å². The van der Waals surface area contributed by atoms with Gasteiger partial charge in [0.2, 0.25) is 0 Å². The standard InChI is InChI=1S/C13H14BrN3OS/c1-9-3-2-4-10(12(9)14)7-16-13(18)17-8-11-15-5-6-19-11/h2-6H,7-8H2,1H3,(H2,16,17,18). The van der Waals surface area contributed by atoms with Crippen LogP contribution in [0.3, 0.4) is 0 Å². The van der Waals surface area contributed by atoms with Crippen LogP contribution in [0.5, 0.6) is 0 Å². The van der Waals surface area contributed by atoms with Crippen LogP contribution >= 0.6 is 27.3 Å². The number of aryl methyl sites for hydroxylation is 1. The van der Waals surface area contributed by atoms with E-state index in [0.29, 0.717) is 13.1 Å². The van der Waals surface area contributed by atoms with Crippen molar-refractivity contribution in [1.82, 2.24) is 15.6 Å². The molecule has 2 aromatic rings. The third kappa shape index (κ3) is 4.04. The zero-order valence-electron chi connectivity index (χ0n) is 10.4. The van der Waals surface area contributed by atoms with Gasteiger partial charge in [-0.2, -0.15) is 0 Å². The third-order valence-corrected chi connectivity index (χ3v) is 4.51. The molecule has 2 rings (SSSR count). The number of benzene rings is 1. The molecule has 0 atom stereocenters. The highest BCUT2D eigenvalue weighted by Gasteiger charge is 2.05. The molecule has 0 spiro atoms. The average molecular weight is 340 g/mol. The minimum atomic E-state index is -0.191. The fraction of sp³-hybridized carbons (Fsp3) is 0.231. The predicted molar refractivity (Wildman–Crippen MR) is 80.1 cm³/mol. The number of nitrogens with one attached hydrogen (secondary N) is 2. The van der Waals surface area contributed by atoms with E-state index in [1.807, 2.05) is 30.5 Å². The lowest BCUT2D eigenvalue weighted by atomic mass is 10.1. The Balaban J connectivity index is 1.81. The molecule has 19 heavy (non-hydrogen) atoms. The summed E-state index contributed by atoms with van der Waals surface area (Å²) in [5.74, 6) is 0. The number of urea groups is 1. The van der Waals surface area contributed by atoms with Gasteiger partial charge in [0, 0.05) is 22.6 Å². The van der Waals surface area contributed by atoms with Crippen molar-refractivity contribution in [3.63, 3.8) is 0 Å². The van der Waals surface area contributed by atoms with Crippen molar-refractivity contribution in [2.75, 3.05) is 0 Å². The number of hydrogen-bond acceptors (Lipinski definition) is 3. The molecule has 2 N–H and O–H groups in total. The Morgan fingerprint density at radius 3 is 2.89 bits per heavy atom. The summed E-state index contributed by atoms with van der Waals surface area (Å²) in [6.45, 7) is 2.97. The molecule has 0 bridgehead atoms. The van der Waals surface area contributed by atoms with Crippen LogP contribution in [0, 0.1) is 6.92 Å². The van der Waals surface area contributed by atoms with Gasteiger partial charge < -0.3 is 10.6 Å². The Hall–Kier alpha value is -1.40. The quantitative estimate of drug-likeness (QED) is 0.898. The second kappa shape index (κ2) is 6.68. The Bertz CT molecular complexity index is 557. The van der Waals surface area contributed by atoms with Crippen LogP contribution in [0.4, 0.5) is 4.79 Å². The van der Waals surface area contributed by atoms with Crippen molar-refractivity contribution in [2.24, 2.45) is 0 Å². The molecular weight excluding hydrogens is 326 g/mol. The fourth-order valence-electron chi connectivity index (χ4n) is 1.58. The second-order valence-electron chi connectivity index (χ2n) is 4.01. The first-order valence-corrected chi connectivity index (χ1v) is 7.48. The number of carbonyl (C=O) groups excluding carboxylic acids is 1. The Kier molecular flexibility index (Phi) is 4.93. The van der Waals surface area contributed by atoms with Gasteiger partial charge >= 0.3 is 6.03 Å². The zero-order chi connectivity index (χ0) is 13.7. The van der Waals surface area contributed by atoms with E-state index in [9.17, 15) is 4.79 Å². The molecule has 1 aromatic carbocycles. The average Bonchev–Trinajstić information content (AvgIpc) is 2.91. The van der Waals surface area contributed by atoms with E-state index in [4.69, 9.17) is 0 Å². The number of amides is 2. The SMILES string of the molecule is Cc1cccc(CNC(=O)NCc2nccs2)c1Br. The topological polar surface area (TPSA) is 54.0 Å². The van der Waals surface area contributed by atoms with Gasteiger partial charge in [-0.05, 0) is 18.1 Å². The molecule has 0 saturated heterocycles. The number of carbonyl (C=O) groups is 1. The summed E-state index contributed by atoms with van der Waals surface area (Å²) in [4.78, 5) is 15.7. The van der Waals surface area contributed by atoms with E-state index in [-0.39, 0.29) is 6.03 Å². The van der Waals surface area contributed by atoms with Gasteiger partial charge in [0.05, 0.1) is 6.54 Å². The van der Waals surface area contributed by atoms with Gasteiger partial charge in [0.1, 0.15) is 5.01 Å². The van der Waals surface area contributed by atoms with E-state index in [0.717, 1.165) is 20.6 Å². The number of rotatable bonds is 4. The minimum Gasteiger partial charge on any atom is -0.334 e. The number of nitrogens with zero attached hydrogens (tertiary/aromatic N) is 1. The minimum absolute atomic E-state index is 0.191. The van der Waals surface area contributed by atoms with Crippen molar-refractivity contribution in [3.8, 4) is 0 Å². The molecule has 4 nitrogen and oxygen atoms in total. The molecule has 0 unspecified atom stereocenters. The van der Waals surface area contributed by atoms with Gasteiger partial charge in [-0.25, -0.2) is 9.78 Å². The number of thiazole rings is 1. The van der Waals surface area contributed by atoms with Crippen LogP contribution in [0.2, 0.25) is 0 Å². The van der Waals surface area contributed by atoms with Crippen LogP contribution in [-0.2, 0) is 13.1 Å². The largest absolute Gasteiger partial charge is 0.334 e. The highest BCUT2D eigenvalue weighted by molar-refractivity contribution is 9.10. The number of aromatic nitrogens is 1. The molecule has 1 aromatic heterocycles. The van der Waals surface area contributed by atoms with Gasteiger partial charge in [0.15, 0.2) is 0 Å². The van der Waals surface area contributed by atoms with E-state index < -0.39 is 0 Å². The smallest absolute Gasteiger partial charge is 0.315 e. The molecule has 0 aliphatic rings. The van der Waals surface area contributed by atoms with Gasteiger partial charge in [-0.15, -0.1) is 11.3 Å². The van der Waals surface area contributed by atoms with Crippen molar-refractivity contribution < 1.29 is 4.79 Å². The molecule has 0 aliphatic heterocycles. The summed E-state index contributed by atoms with van der Waals surface area (Å²) in [6.07, 6.45) is 1.73. The predicted octanol–water partition coefficient (Wildman–Crippen LogP) is 3.21. The van der Waals surface area contributed by atoms with Crippen molar-refractivity contribution in [2.45, 2.75) is 20.0 Å². The first-order chi connectivity index (χ1) is 9.16. The van der Waals surface area contributed by atoms with Gasteiger partial charge in [-0.1, -0.05) is 34.1 Å². The van der Waals surface area contributed by atoms with Crippen LogP contribution in [0.25, 0.3) is 0 Å². The van der Waals surface area contributed by atoms with Crippen LogP contribution in [-0.4, -0.2) is 11.0 Å². The Morgan fingerprint density at radius 2 is 2.16 bits per heavy atom. The lowest BCUT2D eigenvalue weighted by molar-refractivity contribution is 0.240. The van der Waals surface area contributed by atoms with E-state index in [1.165, 1.54) is 11.3 Å². The maximum Gasteiger partial charge on any atom is 0.315 e. The lowest BCUT2D eigenvalue weighted by Crippen LogP contribution is -2.34. The summed E-state index contributed by atoms with van der Waals surface area (Å²) >= 11 is 5.04. The fourth-order valence-corrected chi connectivity index (χ4v) is 2.54. The highest BCUT2D eigenvalue weighted by Crippen LogP contribution is 2.20. The third-order valence-electron chi connectivity index (χ3n) is 2.59. The maximum atomic E-state index is 11.6. The summed E-state index contributed by atoms with van der Waals surface area (Å²) in [5, 5.41) is 8.38. The van der Waals surface area contributed by atoms with Gasteiger partial charge in [0.25, 0.3) is 0 Å². The summed E-state index contributed by atoms with van der Waals surface area (Å²) < 4.78 is 1.04. The summed E-state index contributed by atoms with van der Waals surface area (Å²) in [5.41, 5.74) is 2.21. The molecule has 1 heterocycles. The van der Waals surface area contributed by atoms with Crippen molar-refractivity contribution >= 4 is 33.3 Å². The maximum absolute atomic E-state index is 11.6. The number of hydrogen-bond donors (Lipinski definition) is 2. The van der Waals surface area contributed by atoms with Crippen LogP contribution < -0.4 is 10.6 Å². The second-order valence-corrected chi connectivity index (χ2v) is 5.78. The number of halogens is 1. The first kappa shape index (κ1) is 14.0. The van der Waals surface area contributed by atoms with Crippen LogP contribution in [0.1, 0.15) is 16.1 Å². The molecule has 0 radical (unpaired) electrons.